The molecule has 1 fully saturated rings. The first-order valence-corrected chi connectivity index (χ1v) is 9.97. The van der Waals surface area contributed by atoms with Crippen molar-refractivity contribution in [3.63, 3.8) is 0 Å². The van der Waals surface area contributed by atoms with Crippen LogP contribution in [-0.4, -0.2) is 53.0 Å². The molecule has 2 N–H and O–H groups in total. The molecular weight excluding hydrogens is 338 g/mol. The van der Waals surface area contributed by atoms with Crippen LogP contribution in [0.1, 0.15) is 44.1 Å². The number of carbonyl (C=O) groups is 1. The summed E-state index contributed by atoms with van der Waals surface area (Å²) in [7, 11) is 0. The molecule has 0 unspecified atom stereocenters. The molecule has 0 saturated carbocycles. The molecule has 0 atom stereocenters. The van der Waals surface area contributed by atoms with Crippen LogP contribution in [0.4, 0.5) is 11.5 Å². The quantitative estimate of drug-likeness (QED) is 0.783. The Morgan fingerprint density at radius 3 is 2.74 bits per heavy atom. The zero-order valence-corrected chi connectivity index (χ0v) is 16.6. The summed E-state index contributed by atoms with van der Waals surface area (Å²) < 4.78 is 0. The van der Waals surface area contributed by atoms with Gasteiger partial charge in [-0.25, -0.2) is 4.98 Å². The molecule has 0 aliphatic carbocycles. The molecule has 1 aliphatic rings. The first-order chi connectivity index (χ1) is 13.1. The second-order valence-electron chi connectivity index (χ2n) is 7.53. The number of amides is 1. The predicted octanol–water partition coefficient (Wildman–Crippen LogP) is 3.61. The Balaban J connectivity index is 1.60. The summed E-state index contributed by atoms with van der Waals surface area (Å²) in [6.07, 6.45) is 5.72. The van der Waals surface area contributed by atoms with Crippen molar-refractivity contribution in [1.82, 2.24) is 14.9 Å². The van der Waals surface area contributed by atoms with Crippen LogP contribution in [0.2, 0.25) is 0 Å². The van der Waals surface area contributed by atoms with E-state index in [9.17, 15) is 4.79 Å². The van der Waals surface area contributed by atoms with Crippen LogP contribution >= 0.6 is 0 Å². The van der Waals surface area contributed by atoms with Gasteiger partial charge in [-0.15, -0.1) is 0 Å². The first kappa shape index (κ1) is 19.3. The standard InChI is InChI=1S/C21H31N5O/c1-4-25(20-18(24-16(2)3)7-5-12-23-20)15-17-9-13-26(14-10-17)21(27)19-8-6-11-22-19/h5-8,11-12,16-17,22,24H,4,9-10,13-15H2,1-3H3. The van der Waals surface area contributed by atoms with Crippen molar-refractivity contribution in [3.8, 4) is 0 Å². The summed E-state index contributed by atoms with van der Waals surface area (Å²) >= 11 is 0. The lowest BCUT2D eigenvalue weighted by atomic mass is 9.96. The van der Waals surface area contributed by atoms with Gasteiger partial charge in [0.2, 0.25) is 0 Å². The van der Waals surface area contributed by atoms with Gasteiger partial charge in [0.25, 0.3) is 5.91 Å². The molecule has 0 radical (unpaired) electrons. The number of carbonyl (C=O) groups excluding carboxylic acids is 1. The molecule has 6 nitrogen and oxygen atoms in total. The van der Waals surface area contributed by atoms with E-state index in [2.05, 4.69) is 47.0 Å². The number of rotatable bonds is 7. The van der Waals surface area contributed by atoms with Gasteiger partial charge in [0.15, 0.2) is 5.82 Å². The lowest BCUT2D eigenvalue weighted by Crippen LogP contribution is -2.42. The van der Waals surface area contributed by atoms with E-state index in [0.29, 0.717) is 17.7 Å². The van der Waals surface area contributed by atoms with Crippen molar-refractivity contribution in [3.05, 3.63) is 42.4 Å². The van der Waals surface area contributed by atoms with Crippen LogP contribution in [-0.2, 0) is 0 Å². The van der Waals surface area contributed by atoms with E-state index in [1.54, 1.807) is 6.20 Å². The summed E-state index contributed by atoms with van der Waals surface area (Å²) in [5.74, 6) is 1.71. The number of likely N-dealkylation sites (tertiary alicyclic amines) is 1. The molecular formula is C21H31N5O. The Bertz CT molecular complexity index is 720. The number of hydrogen-bond acceptors (Lipinski definition) is 4. The smallest absolute Gasteiger partial charge is 0.270 e. The molecule has 27 heavy (non-hydrogen) atoms. The molecule has 146 valence electrons. The maximum atomic E-state index is 12.5. The highest BCUT2D eigenvalue weighted by molar-refractivity contribution is 5.92. The highest BCUT2D eigenvalue weighted by Crippen LogP contribution is 2.27. The van der Waals surface area contributed by atoms with E-state index in [1.807, 2.05) is 29.3 Å². The van der Waals surface area contributed by atoms with Gasteiger partial charge in [0, 0.05) is 44.6 Å². The van der Waals surface area contributed by atoms with Crippen LogP contribution in [0.25, 0.3) is 0 Å². The van der Waals surface area contributed by atoms with Crippen molar-refractivity contribution in [2.45, 2.75) is 39.7 Å². The van der Waals surface area contributed by atoms with Crippen molar-refractivity contribution >= 4 is 17.4 Å². The lowest BCUT2D eigenvalue weighted by molar-refractivity contribution is 0.0687. The molecule has 0 spiro atoms. The number of nitrogens with one attached hydrogen (secondary N) is 2. The molecule has 1 amide bonds. The lowest BCUT2D eigenvalue weighted by Gasteiger charge is -2.35. The summed E-state index contributed by atoms with van der Waals surface area (Å²) in [6.45, 7) is 10.0. The predicted molar refractivity (Wildman–Crippen MR) is 110 cm³/mol. The fourth-order valence-electron chi connectivity index (χ4n) is 3.70. The molecule has 3 heterocycles. The fourth-order valence-corrected chi connectivity index (χ4v) is 3.70. The third-order valence-corrected chi connectivity index (χ3v) is 5.12. The van der Waals surface area contributed by atoms with E-state index < -0.39 is 0 Å². The van der Waals surface area contributed by atoms with Crippen LogP contribution in [0, 0.1) is 5.92 Å². The second kappa shape index (κ2) is 8.93. The average Bonchev–Trinajstić information content (AvgIpc) is 3.21. The van der Waals surface area contributed by atoms with Gasteiger partial charge in [-0.05, 0) is 63.8 Å². The van der Waals surface area contributed by atoms with Crippen molar-refractivity contribution in [1.29, 1.82) is 0 Å². The fraction of sp³-hybridized carbons (Fsp3) is 0.524. The third kappa shape index (κ3) is 4.81. The molecule has 1 aliphatic heterocycles. The minimum atomic E-state index is 0.110. The van der Waals surface area contributed by atoms with Gasteiger partial charge in [0.05, 0.1) is 5.69 Å². The number of pyridine rings is 1. The van der Waals surface area contributed by atoms with Gasteiger partial charge in [-0.2, -0.15) is 0 Å². The van der Waals surface area contributed by atoms with E-state index in [4.69, 9.17) is 0 Å². The average molecular weight is 370 g/mol. The van der Waals surface area contributed by atoms with Gasteiger partial charge >= 0.3 is 0 Å². The Morgan fingerprint density at radius 1 is 1.33 bits per heavy atom. The van der Waals surface area contributed by atoms with E-state index in [0.717, 1.165) is 50.5 Å². The first-order valence-electron chi connectivity index (χ1n) is 9.97. The molecule has 3 rings (SSSR count). The summed E-state index contributed by atoms with van der Waals surface area (Å²) in [5.41, 5.74) is 1.77. The largest absolute Gasteiger partial charge is 0.380 e. The van der Waals surface area contributed by atoms with Gasteiger partial charge in [0.1, 0.15) is 5.69 Å². The van der Waals surface area contributed by atoms with Crippen molar-refractivity contribution < 1.29 is 4.79 Å². The molecule has 6 heteroatoms. The maximum absolute atomic E-state index is 12.5. The van der Waals surface area contributed by atoms with E-state index in [1.165, 1.54) is 0 Å². The number of piperidine rings is 1. The minimum Gasteiger partial charge on any atom is -0.380 e. The summed E-state index contributed by atoms with van der Waals surface area (Å²) in [5, 5.41) is 3.50. The molecule has 0 bridgehead atoms. The SMILES string of the molecule is CCN(CC1CCN(C(=O)c2ccc[nH]2)CC1)c1ncccc1NC(C)C. The summed E-state index contributed by atoms with van der Waals surface area (Å²) in [6, 6.07) is 8.16. The highest BCUT2D eigenvalue weighted by Gasteiger charge is 2.26. The van der Waals surface area contributed by atoms with Crippen LogP contribution in [0.5, 0.6) is 0 Å². The van der Waals surface area contributed by atoms with Crippen molar-refractivity contribution in [2.24, 2.45) is 5.92 Å². The minimum absolute atomic E-state index is 0.110. The van der Waals surface area contributed by atoms with Crippen LogP contribution in [0.3, 0.4) is 0 Å². The number of nitrogens with zero attached hydrogens (tertiary/aromatic N) is 3. The monoisotopic (exact) mass is 369 g/mol. The number of H-pyrrole nitrogens is 1. The van der Waals surface area contributed by atoms with Gasteiger partial charge < -0.3 is 20.1 Å². The molecule has 0 aromatic carbocycles. The van der Waals surface area contributed by atoms with Gasteiger partial charge in [-0.3, -0.25) is 4.79 Å². The van der Waals surface area contributed by atoms with E-state index in [-0.39, 0.29) is 5.91 Å². The topological polar surface area (TPSA) is 64.3 Å². The van der Waals surface area contributed by atoms with Crippen LogP contribution < -0.4 is 10.2 Å². The number of aromatic nitrogens is 2. The Labute approximate surface area is 162 Å². The summed E-state index contributed by atoms with van der Waals surface area (Å²) in [4.78, 5) is 24.5. The third-order valence-electron chi connectivity index (χ3n) is 5.12. The zero-order valence-electron chi connectivity index (χ0n) is 16.6. The highest BCUT2D eigenvalue weighted by atomic mass is 16.2. The number of aromatic amines is 1. The van der Waals surface area contributed by atoms with Crippen molar-refractivity contribution in [2.75, 3.05) is 36.4 Å². The molecule has 2 aromatic heterocycles. The van der Waals surface area contributed by atoms with Gasteiger partial charge in [-0.1, -0.05) is 0 Å². The molecule has 2 aromatic rings. The number of anilines is 2. The Morgan fingerprint density at radius 2 is 2.11 bits per heavy atom. The number of hydrogen-bond donors (Lipinski definition) is 2. The zero-order chi connectivity index (χ0) is 19.2. The maximum Gasteiger partial charge on any atom is 0.270 e. The molecule has 1 saturated heterocycles. The Kier molecular flexibility index (Phi) is 6.37. The van der Waals surface area contributed by atoms with E-state index >= 15 is 0 Å². The second-order valence-corrected chi connectivity index (χ2v) is 7.53. The van der Waals surface area contributed by atoms with Crippen LogP contribution in [0.15, 0.2) is 36.7 Å². The Hall–Kier alpha value is -2.50. The normalized spacial score (nSPS) is 15.2.